The molecule has 2 atom stereocenters. The molecule has 2 aliphatic rings. The zero-order valence-electron chi connectivity index (χ0n) is 10.1. The fourth-order valence-electron chi connectivity index (χ4n) is 2.58. The number of carboxylic acids is 1. The van der Waals surface area contributed by atoms with E-state index in [1.54, 1.807) is 12.1 Å². The van der Waals surface area contributed by atoms with Crippen molar-refractivity contribution in [1.29, 1.82) is 0 Å². The van der Waals surface area contributed by atoms with E-state index in [4.69, 9.17) is 9.84 Å². The second-order valence-electron chi connectivity index (χ2n) is 5.09. The van der Waals surface area contributed by atoms with Crippen LogP contribution in [0.1, 0.15) is 29.6 Å². The largest absolute Gasteiger partial charge is 0.478 e. The van der Waals surface area contributed by atoms with Crippen molar-refractivity contribution < 1.29 is 14.6 Å². The minimum Gasteiger partial charge on any atom is -0.478 e. The van der Waals surface area contributed by atoms with Crippen LogP contribution in [0.3, 0.4) is 0 Å². The van der Waals surface area contributed by atoms with E-state index in [-0.39, 0.29) is 0 Å². The molecule has 2 unspecified atom stereocenters. The zero-order valence-corrected chi connectivity index (χ0v) is 10.1. The first-order valence-corrected chi connectivity index (χ1v) is 6.45. The molecule has 18 heavy (non-hydrogen) atoms. The summed E-state index contributed by atoms with van der Waals surface area (Å²) in [7, 11) is 0. The summed E-state index contributed by atoms with van der Waals surface area (Å²) >= 11 is 0. The van der Waals surface area contributed by atoms with E-state index in [9.17, 15) is 4.79 Å². The summed E-state index contributed by atoms with van der Waals surface area (Å²) < 4.78 is 5.77. The molecular weight excluding hydrogens is 230 g/mol. The van der Waals surface area contributed by atoms with Crippen LogP contribution in [0.4, 0.5) is 5.69 Å². The Labute approximate surface area is 106 Å². The van der Waals surface area contributed by atoms with Gasteiger partial charge in [0.2, 0.25) is 0 Å². The van der Waals surface area contributed by atoms with Crippen molar-refractivity contribution >= 4 is 11.7 Å². The number of hydrogen-bond acceptors (Lipinski definition) is 3. The Balaban J connectivity index is 1.66. The first-order chi connectivity index (χ1) is 8.74. The maximum atomic E-state index is 10.8. The van der Waals surface area contributed by atoms with Crippen LogP contribution in [0.25, 0.3) is 0 Å². The number of ether oxygens (including phenoxy) is 1. The third-order valence-corrected chi connectivity index (χ3v) is 3.71. The van der Waals surface area contributed by atoms with Gasteiger partial charge >= 0.3 is 5.97 Å². The standard InChI is InChI=1S/C14H17NO3/c16-14(17)10-3-5-11(6-4-10)15-12-7-8-18-13(12)9-1-2-9/h3-6,9,12-13,15H,1-2,7-8H2,(H,16,17). The van der Waals surface area contributed by atoms with Crippen molar-refractivity contribution in [2.75, 3.05) is 11.9 Å². The average molecular weight is 247 g/mol. The highest BCUT2D eigenvalue weighted by Gasteiger charge is 2.40. The summed E-state index contributed by atoms with van der Waals surface area (Å²) in [5.74, 6) is -0.162. The van der Waals surface area contributed by atoms with Crippen LogP contribution in [0.2, 0.25) is 0 Å². The number of rotatable bonds is 4. The minimum absolute atomic E-state index is 0.321. The van der Waals surface area contributed by atoms with E-state index in [1.807, 2.05) is 12.1 Å². The molecule has 1 aromatic rings. The normalized spacial score (nSPS) is 27.1. The molecular formula is C14H17NO3. The monoisotopic (exact) mass is 247 g/mol. The lowest BCUT2D eigenvalue weighted by Crippen LogP contribution is -2.30. The maximum Gasteiger partial charge on any atom is 0.335 e. The highest BCUT2D eigenvalue weighted by molar-refractivity contribution is 5.88. The van der Waals surface area contributed by atoms with Crippen LogP contribution in [-0.4, -0.2) is 29.8 Å². The number of hydrogen-bond donors (Lipinski definition) is 2. The number of aromatic carboxylic acids is 1. The number of carboxylic acid groups (broad SMARTS) is 1. The number of benzene rings is 1. The van der Waals surface area contributed by atoms with Gasteiger partial charge in [0.25, 0.3) is 0 Å². The van der Waals surface area contributed by atoms with Gasteiger partial charge in [0.05, 0.1) is 17.7 Å². The summed E-state index contributed by atoms with van der Waals surface area (Å²) in [5.41, 5.74) is 1.29. The van der Waals surface area contributed by atoms with Gasteiger partial charge in [-0.3, -0.25) is 0 Å². The topological polar surface area (TPSA) is 58.6 Å². The van der Waals surface area contributed by atoms with E-state index >= 15 is 0 Å². The third kappa shape index (κ3) is 2.34. The Hall–Kier alpha value is -1.55. The van der Waals surface area contributed by atoms with Crippen molar-refractivity contribution in [1.82, 2.24) is 0 Å². The third-order valence-electron chi connectivity index (χ3n) is 3.71. The van der Waals surface area contributed by atoms with Crippen molar-refractivity contribution in [2.24, 2.45) is 5.92 Å². The van der Waals surface area contributed by atoms with E-state index in [2.05, 4.69) is 5.32 Å². The Morgan fingerprint density at radius 3 is 2.56 bits per heavy atom. The molecule has 1 aliphatic carbocycles. The van der Waals surface area contributed by atoms with E-state index < -0.39 is 5.97 Å². The molecule has 0 amide bonds. The molecule has 1 saturated carbocycles. The van der Waals surface area contributed by atoms with Crippen LogP contribution >= 0.6 is 0 Å². The highest BCUT2D eigenvalue weighted by Crippen LogP contribution is 2.39. The smallest absolute Gasteiger partial charge is 0.335 e. The SMILES string of the molecule is O=C(O)c1ccc(NC2CCOC2C2CC2)cc1. The van der Waals surface area contributed by atoms with Gasteiger partial charge in [-0.15, -0.1) is 0 Å². The molecule has 0 aromatic heterocycles. The molecule has 96 valence electrons. The molecule has 3 rings (SSSR count). The first kappa shape index (κ1) is 11.5. The summed E-state index contributed by atoms with van der Waals surface area (Å²) in [6.07, 6.45) is 3.92. The van der Waals surface area contributed by atoms with Gasteiger partial charge in [0.1, 0.15) is 0 Å². The molecule has 1 saturated heterocycles. The Morgan fingerprint density at radius 2 is 1.94 bits per heavy atom. The summed E-state index contributed by atoms with van der Waals surface area (Å²) in [6, 6.07) is 7.28. The highest BCUT2D eigenvalue weighted by atomic mass is 16.5. The predicted molar refractivity (Wildman–Crippen MR) is 67.9 cm³/mol. The van der Waals surface area contributed by atoms with Gasteiger partial charge in [0.15, 0.2) is 0 Å². The molecule has 2 N–H and O–H groups in total. The second-order valence-corrected chi connectivity index (χ2v) is 5.09. The molecule has 1 aliphatic heterocycles. The van der Waals surface area contributed by atoms with Crippen LogP contribution in [-0.2, 0) is 4.74 Å². The Morgan fingerprint density at radius 1 is 1.22 bits per heavy atom. The zero-order chi connectivity index (χ0) is 12.5. The molecule has 0 radical (unpaired) electrons. The maximum absolute atomic E-state index is 10.8. The summed E-state index contributed by atoms with van der Waals surface area (Å²) in [4.78, 5) is 10.8. The van der Waals surface area contributed by atoms with Crippen molar-refractivity contribution in [2.45, 2.75) is 31.4 Å². The summed E-state index contributed by atoms with van der Waals surface area (Å²) in [5, 5.41) is 12.3. The van der Waals surface area contributed by atoms with Crippen LogP contribution in [0.5, 0.6) is 0 Å². The number of nitrogens with one attached hydrogen (secondary N) is 1. The van der Waals surface area contributed by atoms with Crippen LogP contribution < -0.4 is 5.32 Å². The molecule has 1 heterocycles. The molecule has 2 fully saturated rings. The first-order valence-electron chi connectivity index (χ1n) is 6.45. The minimum atomic E-state index is -0.887. The lowest BCUT2D eigenvalue weighted by Gasteiger charge is -2.20. The van der Waals surface area contributed by atoms with Crippen LogP contribution in [0, 0.1) is 5.92 Å². The van der Waals surface area contributed by atoms with E-state index in [0.29, 0.717) is 17.7 Å². The van der Waals surface area contributed by atoms with Crippen molar-refractivity contribution in [3.63, 3.8) is 0 Å². The quantitative estimate of drug-likeness (QED) is 0.857. The fraction of sp³-hybridized carbons (Fsp3) is 0.500. The van der Waals surface area contributed by atoms with Crippen LogP contribution in [0.15, 0.2) is 24.3 Å². The Kier molecular flexibility index (Phi) is 2.96. The van der Waals surface area contributed by atoms with E-state index in [1.165, 1.54) is 12.8 Å². The van der Waals surface area contributed by atoms with E-state index in [0.717, 1.165) is 24.6 Å². The average Bonchev–Trinajstić information content (AvgIpc) is 3.11. The van der Waals surface area contributed by atoms with Gasteiger partial charge < -0.3 is 15.2 Å². The van der Waals surface area contributed by atoms with Gasteiger partial charge in [0, 0.05) is 12.3 Å². The lowest BCUT2D eigenvalue weighted by molar-refractivity contribution is 0.0697. The number of anilines is 1. The van der Waals surface area contributed by atoms with Gasteiger partial charge in [-0.05, 0) is 49.4 Å². The van der Waals surface area contributed by atoms with Gasteiger partial charge in [-0.25, -0.2) is 4.79 Å². The van der Waals surface area contributed by atoms with Crippen molar-refractivity contribution in [3.8, 4) is 0 Å². The Bertz CT molecular complexity index is 439. The lowest BCUT2D eigenvalue weighted by atomic mass is 10.1. The molecule has 4 heteroatoms. The molecule has 4 nitrogen and oxygen atoms in total. The molecule has 1 aromatic carbocycles. The van der Waals surface area contributed by atoms with Gasteiger partial charge in [-0.2, -0.15) is 0 Å². The summed E-state index contributed by atoms with van der Waals surface area (Å²) in [6.45, 7) is 0.825. The van der Waals surface area contributed by atoms with Gasteiger partial charge in [-0.1, -0.05) is 0 Å². The number of carbonyl (C=O) groups is 1. The molecule has 0 spiro atoms. The van der Waals surface area contributed by atoms with Crippen molar-refractivity contribution in [3.05, 3.63) is 29.8 Å². The fourth-order valence-corrected chi connectivity index (χ4v) is 2.58. The second kappa shape index (κ2) is 4.61. The predicted octanol–water partition coefficient (Wildman–Crippen LogP) is 2.36. The molecule has 0 bridgehead atoms.